The van der Waals surface area contributed by atoms with Gasteiger partial charge in [-0.25, -0.2) is 0 Å². The van der Waals surface area contributed by atoms with Gasteiger partial charge in [0.25, 0.3) is 11.6 Å². The van der Waals surface area contributed by atoms with Crippen LogP contribution in [0, 0.1) is 10.1 Å². The number of nitrogens with zero attached hydrogens (tertiary/aromatic N) is 2. The van der Waals surface area contributed by atoms with Crippen LogP contribution in [0.5, 0.6) is 0 Å². The van der Waals surface area contributed by atoms with Crippen molar-refractivity contribution in [3.63, 3.8) is 0 Å². The third kappa shape index (κ3) is 4.68. The van der Waals surface area contributed by atoms with Crippen LogP contribution in [0.4, 0.5) is 11.4 Å². The van der Waals surface area contributed by atoms with Gasteiger partial charge in [-0.15, -0.1) is 11.8 Å². The second-order valence-corrected chi connectivity index (χ2v) is 11.7. The maximum absolute atomic E-state index is 15.1. The average molecular weight is 583 g/mol. The van der Waals surface area contributed by atoms with Crippen LogP contribution in [0.25, 0.3) is 11.3 Å². The molecular weight excluding hydrogens is 556 g/mol. The fourth-order valence-electron chi connectivity index (χ4n) is 5.94. The Morgan fingerprint density at radius 1 is 0.767 bits per heavy atom. The normalized spacial score (nSPS) is 19.6. The van der Waals surface area contributed by atoms with Gasteiger partial charge < -0.3 is 4.74 Å². The van der Waals surface area contributed by atoms with E-state index in [1.807, 2.05) is 121 Å². The van der Waals surface area contributed by atoms with Crippen molar-refractivity contribution in [1.29, 1.82) is 0 Å². The van der Waals surface area contributed by atoms with Crippen LogP contribution in [-0.4, -0.2) is 10.8 Å². The molecule has 0 N–H and O–H groups in total. The molecule has 2 aliphatic heterocycles. The average Bonchev–Trinajstić information content (AvgIpc) is 3.21. The molecule has 0 aromatic heterocycles. The van der Waals surface area contributed by atoms with Crippen LogP contribution in [0.15, 0.2) is 144 Å². The maximum atomic E-state index is 15.1. The quantitative estimate of drug-likeness (QED) is 0.153. The van der Waals surface area contributed by atoms with Crippen molar-refractivity contribution in [3.8, 4) is 0 Å². The molecule has 5 aromatic carbocycles. The molecule has 7 rings (SSSR count). The van der Waals surface area contributed by atoms with E-state index in [9.17, 15) is 10.1 Å². The van der Waals surface area contributed by atoms with Crippen molar-refractivity contribution >= 4 is 40.4 Å². The molecule has 0 fully saturated rings. The highest BCUT2D eigenvalue weighted by Crippen LogP contribution is 2.58. The summed E-state index contributed by atoms with van der Waals surface area (Å²) in [6, 6.07) is 43.7. The Morgan fingerprint density at radius 3 is 2.09 bits per heavy atom. The highest BCUT2D eigenvalue weighted by molar-refractivity contribution is 7.99. The number of hydrogen-bond acceptors (Lipinski definition) is 5. The first-order valence-corrected chi connectivity index (χ1v) is 14.9. The summed E-state index contributed by atoms with van der Waals surface area (Å²) in [6.07, 6.45) is 0.349. The van der Waals surface area contributed by atoms with E-state index in [2.05, 4.69) is 0 Å². The predicted octanol–water partition coefficient (Wildman–Crippen LogP) is 8.62. The molecule has 2 atom stereocenters. The summed E-state index contributed by atoms with van der Waals surface area (Å²) in [5.74, 6) is 0.326. The number of carbonyl (C=O) groups excluding carboxylic acids is 1. The number of non-ortho nitro benzene ring substituents is 1. The zero-order valence-corrected chi connectivity index (χ0v) is 23.8. The van der Waals surface area contributed by atoms with Gasteiger partial charge in [0.05, 0.1) is 16.2 Å². The summed E-state index contributed by atoms with van der Waals surface area (Å²) in [7, 11) is 0. The Kier molecular flexibility index (Phi) is 6.80. The van der Waals surface area contributed by atoms with Gasteiger partial charge in [-0.3, -0.25) is 19.8 Å². The van der Waals surface area contributed by atoms with Crippen LogP contribution in [0.1, 0.15) is 33.9 Å². The Bertz CT molecular complexity index is 1860. The molecule has 2 heterocycles. The third-order valence-corrected chi connectivity index (χ3v) is 9.21. The highest BCUT2D eigenvalue weighted by atomic mass is 32.2. The third-order valence-electron chi connectivity index (χ3n) is 7.89. The molecule has 0 unspecified atom stereocenters. The van der Waals surface area contributed by atoms with Gasteiger partial charge in [0.2, 0.25) is 5.72 Å². The molecular formula is C36H26N2O4S. The maximum Gasteiger partial charge on any atom is 0.269 e. The minimum atomic E-state index is -1.25. The number of rotatable bonds is 5. The fraction of sp³-hybridized carbons (Fsp3) is 0.0833. The van der Waals surface area contributed by atoms with E-state index in [0.29, 0.717) is 17.8 Å². The summed E-state index contributed by atoms with van der Waals surface area (Å²) in [6.45, 7) is 0. The van der Waals surface area contributed by atoms with E-state index in [1.54, 1.807) is 28.8 Å². The molecule has 2 aliphatic rings. The van der Waals surface area contributed by atoms with Crippen LogP contribution in [0.2, 0.25) is 0 Å². The van der Waals surface area contributed by atoms with E-state index in [-0.39, 0.29) is 21.8 Å². The zero-order chi connectivity index (χ0) is 29.4. The van der Waals surface area contributed by atoms with Crippen molar-refractivity contribution in [2.75, 3.05) is 4.90 Å². The number of carbonyl (C=O) groups is 1. The largest absolute Gasteiger partial charge is 0.462 e. The molecule has 0 spiro atoms. The summed E-state index contributed by atoms with van der Waals surface area (Å²) in [5.41, 5.74) is 3.15. The summed E-state index contributed by atoms with van der Waals surface area (Å²) in [5, 5.41) is 11.5. The van der Waals surface area contributed by atoms with E-state index in [4.69, 9.17) is 4.74 Å². The van der Waals surface area contributed by atoms with E-state index in [1.165, 1.54) is 6.07 Å². The Labute approximate surface area is 253 Å². The second kappa shape index (κ2) is 10.9. The molecule has 43 heavy (non-hydrogen) atoms. The van der Waals surface area contributed by atoms with Crippen molar-refractivity contribution in [1.82, 2.24) is 0 Å². The molecule has 0 aliphatic carbocycles. The zero-order valence-electron chi connectivity index (χ0n) is 23.0. The first kappa shape index (κ1) is 26.7. The van der Waals surface area contributed by atoms with Gasteiger partial charge in [-0.2, -0.15) is 0 Å². The highest BCUT2D eigenvalue weighted by Gasteiger charge is 2.54. The Morgan fingerprint density at radius 2 is 1.40 bits per heavy atom. The number of benzene rings is 5. The van der Waals surface area contributed by atoms with E-state index < -0.39 is 5.72 Å². The van der Waals surface area contributed by atoms with Crippen LogP contribution >= 0.6 is 11.8 Å². The molecule has 210 valence electrons. The van der Waals surface area contributed by atoms with Crippen LogP contribution in [-0.2, 0) is 15.3 Å². The van der Waals surface area contributed by atoms with Crippen molar-refractivity contribution in [3.05, 3.63) is 172 Å². The summed E-state index contributed by atoms with van der Waals surface area (Å²) < 4.78 is 7.29. The Hall–Kier alpha value is -5.14. The number of hydrogen-bond donors (Lipinski definition) is 0. The van der Waals surface area contributed by atoms with Crippen molar-refractivity contribution < 1.29 is 14.5 Å². The molecule has 5 aromatic rings. The molecule has 6 nitrogen and oxygen atoms in total. The summed E-state index contributed by atoms with van der Waals surface area (Å²) in [4.78, 5) is 29.2. The monoisotopic (exact) mass is 582 g/mol. The number of fused-ring (bicyclic) bond motifs is 3. The number of amides is 1. The second-order valence-electron chi connectivity index (χ2n) is 10.5. The lowest BCUT2D eigenvalue weighted by atomic mass is 9.87. The topological polar surface area (TPSA) is 72.7 Å². The standard InChI is InChI=1S/C36H26N2O4S/c39-35-33(25-13-4-1-5-14-25)34(26-15-6-2-7-16-26)42-36(28-18-8-3-9-19-28)24-32(27-17-12-20-29(23-27)38(40)41)43-31-22-11-10-21-30(31)37(35)36/h1-23,32H,24H2/t32-,36+/m1/s1. The SMILES string of the molecule is O=C1C(c2ccccc2)=C(c2ccccc2)O[C@]2(c3ccccc3)C[C@H](c3cccc([N+](=O)[O-])c3)Sc3ccccc3N12. The number of ether oxygens (including phenoxy) is 1. The molecule has 0 bridgehead atoms. The summed E-state index contributed by atoms with van der Waals surface area (Å²) >= 11 is 1.59. The lowest BCUT2D eigenvalue weighted by Gasteiger charge is -2.48. The first-order valence-electron chi connectivity index (χ1n) is 14.0. The molecule has 0 radical (unpaired) electrons. The van der Waals surface area contributed by atoms with Gasteiger partial charge in [0, 0.05) is 39.8 Å². The number of nitro groups is 1. The van der Waals surface area contributed by atoms with Crippen LogP contribution in [0.3, 0.4) is 0 Å². The minimum absolute atomic E-state index is 0.0260. The smallest absolute Gasteiger partial charge is 0.269 e. The van der Waals surface area contributed by atoms with E-state index >= 15 is 4.79 Å². The molecule has 1 amide bonds. The van der Waals surface area contributed by atoms with E-state index in [0.717, 1.165) is 32.8 Å². The first-order chi connectivity index (χ1) is 21.0. The van der Waals surface area contributed by atoms with Gasteiger partial charge >= 0.3 is 0 Å². The Balaban J connectivity index is 1.53. The minimum Gasteiger partial charge on any atom is -0.462 e. The molecule has 0 saturated heterocycles. The lowest BCUT2D eigenvalue weighted by molar-refractivity contribution is -0.384. The van der Waals surface area contributed by atoms with Gasteiger partial charge in [-0.05, 0) is 23.3 Å². The van der Waals surface area contributed by atoms with Gasteiger partial charge in [0.1, 0.15) is 5.76 Å². The molecule has 7 heteroatoms. The molecule has 0 saturated carbocycles. The lowest BCUT2D eigenvalue weighted by Crippen LogP contribution is -2.55. The fourth-order valence-corrected chi connectivity index (χ4v) is 7.28. The van der Waals surface area contributed by atoms with Gasteiger partial charge in [-0.1, -0.05) is 115 Å². The van der Waals surface area contributed by atoms with Crippen LogP contribution < -0.4 is 4.90 Å². The number of nitro benzene ring substituents is 1. The predicted molar refractivity (Wildman–Crippen MR) is 169 cm³/mol. The van der Waals surface area contributed by atoms with Crippen molar-refractivity contribution in [2.24, 2.45) is 0 Å². The number of anilines is 1. The van der Waals surface area contributed by atoms with Gasteiger partial charge in [0.15, 0.2) is 0 Å². The number of thioether (sulfide) groups is 1. The number of para-hydroxylation sites is 1. The van der Waals surface area contributed by atoms with Crippen molar-refractivity contribution in [2.45, 2.75) is 22.3 Å².